The van der Waals surface area contributed by atoms with E-state index in [1.807, 2.05) is 66.4 Å². The van der Waals surface area contributed by atoms with Crippen molar-refractivity contribution < 1.29 is 14.3 Å². The van der Waals surface area contributed by atoms with E-state index in [1.165, 1.54) is 0 Å². The molecule has 5 rings (SSSR count). The van der Waals surface area contributed by atoms with E-state index in [0.29, 0.717) is 12.8 Å². The van der Waals surface area contributed by atoms with Crippen LogP contribution >= 0.6 is 0 Å². The first-order valence-corrected chi connectivity index (χ1v) is 11.0. The Balaban J connectivity index is 1.29. The smallest absolute Gasteiger partial charge is 0.410 e. The molecule has 1 amide bonds. The number of aryl methyl sites for hydroxylation is 1. The maximum absolute atomic E-state index is 13.4. The molecular weight excluding hydrogens is 388 g/mol. The lowest BCUT2D eigenvalue weighted by Crippen LogP contribution is -2.48. The van der Waals surface area contributed by atoms with Gasteiger partial charge < -0.3 is 9.64 Å². The van der Waals surface area contributed by atoms with Crippen LogP contribution in [0.25, 0.3) is 10.9 Å². The van der Waals surface area contributed by atoms with E-state index in [1.54, 1.807) is 6.20 Å². The molecule has 0 spiro atoms. The fraction of sp³-hybridized carbons (Fsp3) is 0.346. The van der Waals surface area contributed by atoms with Crippen molar-refractivity contribution in [2.24, 2.45) is 5.92 Å². The zero-order chi connectivity index (χ0) is 21.4. The molecule has 2 aromatic carbocycles. The first kappa shape index (κ1) is 19.7. The van der Waals surface area contributed by atoms with E-state index >= 15 is 0 Å². The molecule has 2 atom stereocenters. The van der Waals surface area contributed by atoms with Crippen LogP contribution in [-0.4, -0.2) is 33.8 Å². The number of rotatable bonds is 4. The highest BCUT2D eigenvalue weighted by molar-refractivity contribution is 6.03. The van der Waals surface area contributed by atoms with Gasteiger partial charge in [-0.05, 0) is 49.8 Å². The van der Waals surface area contributed by atoms with Gasteiger partial charge in [0.05, 0.1) is 5.52 Å². The third-order valence-electron chi connectivity index (χ3n) is 6.81. The Bertz CT molecular complexity index is 1110. The molecule has 2 aliphatic rings. The highest BCUT2D eigenvalue weighted by atomic mass is 16.6. The van der Waals surface area contributed by atoms with Crippen LogP contribution in [0.3, 0.4) is 0 Å². The van der Waals surface area contributed by atoms with Gasteiger partial charge in [0.1, 0.15) is 6.61 Å². The molecule has 2 fully saturated rings. The second-order valence-corrected chi connectivity index (χ2v) is 8.68. The lowest BCUT2D eigenvalue weighted by atomic mass is 9.83. The van der Waals surface area contributed by atoms with Gasteiger partial charge in [0.2, 0.25) is 0 Å². The summed E-state index contributed by atoms with van der Waals surface area (Å²) >= 11 is 0. The quantitative estimate of drug-likeness (QED) is 0.543. The Kier molecular flexibility index (Phi) is 5.18. The summed E-state index contributed by atoms with van der Waals surface area (Å²) in [5.41, 5.74) is 3.57. The maximum atomic E-state index is 13.4. The Morgan fingerprint density at radius 1 is 1.00 bits per heavy atom. The molecule has 2 unspecified atom stereocenters. The van der Waals surface area contributed by atoms with Crippen LogP contribution in [0.15, 0.2) is 60.8 Å². The second kappa shape index (κ2) is 8.14. The second-order valence-electron chi connectivity index (χ2n) is 8.68. The van der Waals surface area contributed by atoms with E-state index < -0.39 is 0 Å². The first-order chi connectivity index (χ1) is 15.1. The molecular formula is C26H26N2O3. The van der Waals surface area contributed by atoms with Crippen LogP contribution in [0, 0.1) is 12.8 Å². The SMILES string of the molecule is Cc1c(C(=O)C2CC3CCC(C2)N3C(=O)OCc2ccccc2)ccc2cccnc12. The summed E-state index contributed by atoms with van der Waals surface area (Å²) in [7, 11) is 0. The van der Waals surface area contributed by atoms with Crippen molar-refractivity contribution in [3.05, 3.63) is 77.5 Å². The van der Waals surface area contributed by atoms with E-state index in [9.17, 15) is 9.59 Å². The van der Waals surface area contributed by atoms with Gasteiger partial charge in [-0.1, -0.05) is 48.5 Å². The fourth-order valence-corrected chi connectivity index (χ4v) is 5.26. The molecule has 0 radical (unpaired) electrons. The lowest BCUT2D eigenvalue weighted by Gasteiger charge is -2.37. The minimum Gasteiger partial charge on any atom is -0.445 e. The standard InChI is InChI=1S/C26H26N2O3/c1-17-23(12-9-19-8-5-13-27-24(17)19)25(29)20-14-21-10-11-22(15-20)28(21)26(30)31-16-18-6-3-2-4-7-18/h2-9,12-13,20-22H,10-11,14-16H2,1H3. The van der Waals surface area contributed by atoms with Crippen LogP contribution in [0.2, 0.25) is 0 Å². The normalized spacial score (nSPS) is 22.5. The zero-order valence-corrected chi connectivity index (χ0v) is 17.7. The van der Waals surface area contributed by atoms with E-state index in [2.05, 4.69) is 4.98 Å². The van der Waals surface area contributed by atoms with Gasteiger partial charge in [-0.25, -0.2) is 4.79 Å². The largest absolute Gasteiger partial charge is 0.445 e. The van der Waals surface area contributed by atoms with Crippen LogP contribution in [-0.2, 0) is 11.3 Å². The molecule has 5 heteroatoms. The number of hydrogen-bond donors (Lipinski definition) is 0. The number of ketones is 1. The molecule has 3 heterocycles. The van der Waals surface area contributed by atoms with Crippen LogP contribution in [0.4, 0.5) is 4.79 Å². The third-order valence-corrected chi connectivity index (χ3v) is 6.81. The summed E-state index contributed by atoms with van der Waals surface area (Å²) < 4.78 is 5.59. The average molecular weight is 415 g/mol. The molecule has 31 heavy (non-hydrogen) atoms. The van der Waals surface area contributed by atoms with Crippen molar-refractivity contribution in [1.29, 1.82) is 0 Å². The molecule has 1 aromatic heterocycles. The Morgan fingerprint density at radius 2 is 1.74 bits per heavy atom. The minimum atomic E-state index is -0.256. The number of aromatic nitrogens is 1. The van der Waals surface area contributed by atoms with Crippen molar-refractivity contribution in [3.8, 4) is 0 Å². The van der Waals surface area contributed by atoms with Crippen molar-refractivity contribution in [2.45, 2.75) is 51.3 Å². The Morgan fingerprint density at radius 3 is 2.48 bits per heavy atom. The number of carbonyl (C=O) groups is 2. The summed E-state index contributed by atoms with van der Waals surface area (Å²) in [5, 5.41) is 1.05. The number of nitrogens with zero attached hydrogens (tertiary/aromatic N) is 2. The number of ether oxygens (including phenoxy) is 1. The van der Waals surface area contributed by atoms with Crippen LogP contribution in [0.5, 0.6) is 0 Å². The van der Waals surface area contributed by atoms with Gasteiger partial charge in [-0.3, -0.25) is 9.78 Å². The molecule has 2 aliphatic heterocycles. The summed E-state index contributed by atoms with van der Waals surface area (Å²) in [5.74, 6) is 0.120. The van der Waals surface area contributed by atoms with Gasteiger partial charge >= 0.3 is 6.09 Å². The van der Waals surface area contributed by atoms with Crippen molar-refractivity contribution in [2.75, 3.05) is 0 Å². The first-order valence-electron chi connectivity index (χ1n) is 11.0. The molecule has 158 valence electrons. The van der Waals surface area contributed by atoms with E-state index in [4.69, 9.17) is 4.74 Å². The maximum Gasteiger partial charge on any atom is 0.410 e. The fourth-order valence-electron chi connectivity index (χ4n) is 5.26. The highest BCUT2D eigenvalue weighted by Crippen LogP contribution is 2.40. The molecule has 3 aromatic rings. The van der Waals surface area contributed by atoms with Gasteiger partial charge in [0.25, 0.3) is 0 Å². The summed E-state index contributed by atoms with van der Waals surface area (Å²) in [6, 6.07) is 17.7. The number of carbonyl (C=O) groups excluding carboxylic acids is 2. The number of benzene rings is 2. The van der Waals surface area contributed by atoms with Crippen molar-refractivity contribution in [1.82, 2.24) is 9.88 Å². The van der Waals surface area contributed by atoms with Crippen LogP contribution in [0.1, 0.15) is 47.2 Å². The predicted molar refractivity (Wildman–Crippen MR) is 119 cm³/mol. The number of pyridine rings is 1. The average Bonchev–Trinajstić information content (AvgIpc) is 3.07. The van der Waals surface area contributed by atoms with Gasteiger partial charge in [-0.2, -0.15) is 0 Å². The molecule has 5 nitrogen and oxygen atoms in total. The monoisotopic (exact) mass is 414 g/mol. The Hall–Kier alpha value is -3.21. The van der Waals surface area contributed by atoms with E-state index in [-0.39, 0.29) is 36.5 Å². The van der Waals surface area contributed by atoms with Gasteiger partial charge in [0, 0.05) is 35.1 Å². The number of piperidine rings is 1. The number of fused-ring (bicyclic) bond motifs is 3. The highest BCUT2D eigenvalue weighted by Gasteiger charge is 2.46. The summed E-state index contributed by atoms with van der Waals surface area (Å²) in [6.45, 7) is 2.26. The third kappa shape index (κ3) is 3.69. The van der Waals surface area contributed by atoms with Crippen molar-refractivity contribution in [3.63, 3.8) is 0 Å². The topological polar surface area (TPSA) is 59.5 Å². The van der Waals surface area contributed by atoms with Gasteiger partial charge in [-0.15, -0.1) is 0 Å². The molecule has 0 aliphatic carbocycles. The molecule has 0 saturated carbocycles. The van der Waals surface area contributed by atoms with E-state index in [0.717, 1.165) is 40.4 Å². The molecule has 0 N–H and O–H groups in total. The predicted octanol–water partition coefficient (Wildman–Crippen LogP) is 5.31. The Labute approximate surface area is 182 Å². The number of hydrogen-bond acceptors (Lipinski definition) is 4. The van der Waals surface area contributed by atoms with Crippen LogP contribution < -0.4 is 0 Å². The lowest BCUT2D eigenvalue weighted by molar-refractivity contribution is 0.0485. The summed E-state index contributed by atoms with van der Waals surface area (Å²) in [6.07, 6.45) is 4.79. The number of amides is 1. The number of Topliss-reactive ketones (excluding diaryl/α,β-unsaturated/α-hetero) is 1. The van der Waals surface area contributed by atoms with Crippen molar-refractivity contribution >= 4 is 22.8 Å². The molecule has 2 saturated heterocycles. The summed E-state index contributed by atoms with van der Waals surface area (Å²) in [4.78, 5) is 32.6. The minimum absolute atomic E-state index is 0.0597. The zero-order valence-electron chi connectivity index (χ0n) is 17.7. The molecule has 2 bridgehead atoms. The van der Waals surface area contributed by atoms with Gasteiger partial charge in [0.15, 0.2) is 5.78 Å².